The first-order valence-corrected chi connectivity index (χ1v) is 6.37. The number of rotatable bonds is 5. The molecule has 0 fully saturated rings. The van der Waals surface area contributed by atoms with Crippen molar-refractivity contribution in [1.29, 1.82) is 5.26 Å². The van der Waals surface area contributed by atoms with Gasteiger partial charge >= 0.3 is 0 Å². The highest BCUT2D eigenvalue weighted by molar-refractivity contribution is 5.32. The van der Waals surface area contributed by atoms with E-state index in [1.165, 1.54) is 0 Å². The van der Waals surface area contributed by atoms with E-state index in [9.17, 15) is 5.11 Å². The van der Waals surface area contributed by atoms with Crippen LogP contribution in [-0.2, 0) is 7.05 Å². The predicted molar refractivity (Wildman–Crippen MR) is 73.5 cm³/mol. The summed E-state index contributed by atoms with van der Waals surface area (Å²) in [4.78, 5) is 0. The number of aromatic nitrogens is 3. The Labute approximate surface area is 117 Å². The highest BCUT2D eigenvalue weighted by atomic mass is 16.3. The van der Waals surface area contributed by atoms with Crippen molar-refractivity contribution in [2.45, 2.75) is 19.1 Å². The van der Waals surface area contributed by atoms with E-state index in [1.54, 1.807) is 30.6 Å². The van der Waals surface area contributed by atoms with Gasteiger partial charge in [0.05, 0.1) is 23.8 Å². The fourth-order valence-corrected chi connectivity index (χ4v) is 1.96. The highest BCUT2D eigenvalue weighted by Crippen LogP contribution is 2.15. The summed E-state index contributed by atoms with van der Waals surface area (Å²) in [6.45, 7) is 2.37. The number of benzene rings is 1. The normalized spacial score (nSPS) is 13.7. The van der Waals surface area contributed by atoms with Gasteiger partial charge in [0.2, 0.25) is 0 Å². The van der Waals surface area contributed by atoms with Crippen LogP contribution in [0.2, 0.25) is 0 Å². The molecule has 0 saturated carbocycles. The molecule has 20 heavy (non-hydrogen) atoms. The lowest BCUT2D eigenvalue weighted by Crippen LogP contribution is -2.26. The number of nitrogens with one attached hydrogen (secondary N) is 1. The lowest BCUT2D eigenvalue weighted by Gasteiger charge is -2.16. The van der Waals surface area contributed by atoms with Crippen LogP contribution in [0.15, 0.2) is 30.6 Å². The molecule has 2 rings (SSSR count). The van der Waals surface area contributed by atoms with Crippen LogP contribution in [0.1, 0.15) is 36.0 Å². The van der Waals surface area contributed by atoms with Crippen LogP contribution in [-0.4, -0.2) is 26.4 Å². The molecule has 0 amide bonds. The Kier molecular flexibility index (Phi) is 4.45. The molecule has 6 heteroatoms. The van der Waals surface area contributed by atoms with Gasteiger partial charge in [-0.2, -0.15) is 5.26 Å². The summed E-state index contributed by atoms with van der Waals surface area (Å²) >= 11 is 0. The molecule has 0 bridgehead atoms. The Bertz CT molecular complexity index is 599. The van der Waals surface area contributed by atoms with Gasteiger partial charge in [-0.05, 0) is 24.6 Å². The van der Waals surface area contributed by atoms with Gasteiger partial charge in [0.1, 0.15) is 12.2 Å². The fourth-order valence-electron chi connectivity index (χ4n) is 1.96. The second-order valence-electron chi connectivity index (χ2n) is 4.68. The van der Waals surface area contributed by atoms with Crippen LogP contribution in [0.5, 0.6) is 0 Å². The number of hydrogen-bond donors (Lipinski definition) is 2. The molecule has 2 atom stereocenters. The molecule has 0 aliphatic carbocycles. The zero-order chi connectivity index (χ0) is 14.5. The quantitative estimate of drug-likeness (QED) is 0.849. The van der Waals surface area contributed by atoms with E-state index in [0.717, 1.165) is 11.4 Å². The molecule has 104 valence electrons. The monoisotopic (exact) mass is 271 g/mol. The van der Waals surface area contributed by atoms with Gasteiger partial charge in [0, 0.05) is 13.6 Å². The predicted octanol–water partition coefficient (Wildman–Crippen LogP) is 1.07. The molecular formula is C14H17N5O. The minimum absolute atomic E-state index is 0.00414. The Morgan fingerprint density at radius 3 is 2.65 bits per heavy atom. The molecule has 2 unspecified atom stereocenters. The van der Waals surface area contributed by atoms with Gasteiger partial charge in [-0.1, -0.05) is 12.1 Å². The molecule has 2 aromatic rings. The standard InChI is InChI=1S/C14H17N5O/c1-10(14-18-17-9-19(14)2)16-8-13(20)12-5-3-11(7-15)4-6-12/h3-6,9-10,13,16,20H,8H2,1-2H3. The molecule has 2 N–H and O–H groups in total. The third-order valence-corrected chi connectivity index (χ3v) is 3.18. The second kappa shape index (κ2) is 6.28. The first-order chi connectivity index (χ1) is 9.61. The lowest BCUT2D eigenvalue weighted by atomic mass is 10.1. The van der Waals surface area contributed by atoms with Gasteiger partial charge < -0.3 is 15.0 Å². The Balaban J connectivity index is 1.93. The van der Waals surface area contributed by atoms with E-state index in [4.69, 9.17) is 5.26 Å². The maximum absolute atomic E-state index is 10.1. The molecule has 1 aromatic heterocycles. The summed E-state index contributed by atoms with van der Waals surface area (Å²) in [6.07, 6.45) is 1.02. The number of aryl methyl sites for hydroxylation is 1. The minimum Gasteiger partial charge on any atom is -0.387 e. The van der Waals surface area contributed by atoms with Crippen molar-refractivity contribution in [3.63, 3.8) is 0 Å². The van der Waals surface area contributed by atoms with Crippen molar-refractivity contribution < 1.29 is 5.11 Å². The van der Waals surface area contributed by atoms with E-state index in [2.05, 4.69) is 21.6 Å². The van der Waals surface area contributed by atoms with E-state index >= 15 is 0 Å². The Hall–Kier alpha value is -2.23. The minimum atomic E-state index is -0.626. The largest absolute Gasteiger partial charge is 0.387 e. The fraction of sp³-hybridized carbons (Fsp3) is 0.357. The summed E-state index contributed by atoms with van der Waals surface area (Å²) in [5.41, 5.74) is 1.36. The number of hydrogen-bond acceptors (Lipinski definition) is 5. The summed E-state index contributed by atoms with van der Waals surface area (Å²) in [5, 5.41) is 29.9. The molecule has 0 saturated heterocycles. The van der Waals surface area contributed by atoms with E-state index < -0.39 is 6.10 Å². The van der Waals surface area contributed by atoms with Crippen LogP contribution in [0.4, 0.5) is 0 Å². The summed E-state index contributed by atoms with van der Waals surface area (Å²) in [5.74, 6) is 0.817. The van der Waals surface area contributed by atoms with Crippen molar-refractivity contribution in [3.05, 3.63) is 47.5 Å². The SMILES string of the molecule is CC(NCC(O)c1ccc(C#N)cc1)c1nncn1C. The zero-order valence-electron chi connectivity index (χ0n) is 11.5. The molecule has 1 heterocycles. The van der Waals surface area contributed by atoms with Gasteiger partial charge in [-0.15, -0.1) is 10.2 Å². The van der Waals surface area contributed by atoms with Gasteiger partial charge in [-0.25, -0.2) is 0 Å². The number of aliphatic hydroxyl groups excluding tert-OH is 1. The summed E-state index contributed by atoms with van der Waals surface area (Å²) in [7, 11) is 1.88. The van der Waals surface area contributed by atoms with Gasteiger partial charge in [0.15, 0.2) is 0 Å². The maximum Gasteiger partial charge on any atom is 0.149 e. The van der Waals surface area contributed by atoms with Crippen molar-refractivity contribution in [2.75, 3.05) is 6.54 Å². The van der Waals surface area contributed by atoms with Crippen molar-refractivity contribution >= 4 is 0 Å². The molecule has 0 radical (unpaired) electrons. The second-order valence-corrected chi connectivity index (χ2v) is 4.68. The van der Waals surface area contributed by atoms with E-state index in [-0.39, 0.29) is 6.04 Å². The molecule has 0 aliphatic heterocycles. The third kappa shape index (κ3) is 3.20. The Morgan fingerprint density at radius 1 is 1.40 bits per heavy atom. The summed E-state index contributed by atoms with van der Waals surface area (Å²) in [6, 6.07) is 8.97. The number of nitrogens with zero attached hydrogens (tertiary/aromatic N) is 4. The Morgan fingerprint density at radius 2 is 2.10 bits per heavy atom. The average Bonchev–Trinajstić information content (AvgIpc) is 2.90. The average molecular weight is 271 g/mol. The highest BCUT2D eigenvalue weighted by Gasteiger charge is 2.13. The van der Waals surface area contributed by atoms with Crippen molar-refractivity contribution in [2.24, 2.45) is 7.05 Å². The van der Waals surface area contributed by atoms with Crippen molar-refractivity contribution in [3.8, 4) is 6.07 Å². The van der Waals surface area contributed by atoms with Gasteiger partial charge in [0.25, 0.3) is 0 Å². The van der Waals surface area contributed by atoms with Crippen LogP contribution >= 0.6 is 0 Å². The molecule has 6 nitrogen and oxygen atoms in total. The summed E-state index contributed by atoms with van der Waals surface area (Å²) < 4.78 is 1.84. The van der Waals surface area contributed by atoms with Crippen molar-refractivity contribution in [1.82, 2.24) is 20.1 Å². The van der Waals surface area contributed by atoms with Crippen LogP contribution in [0.3, 0.4) is 0 Å². The molecule has 0 spiro atoms. The number of aliphatic hydroxyl groups is 1. The first-order valence-electron chi connectivity index (χ1n) is 6.37. The lowest BCUT2D eigenvalue weighted by molar-refractivity contribution is 0.170. The number of nitriles is 1. The third-order valence-electron chi connectivity index (χ3n) is 3.18. The molecule has 0 aliphatic rings. The van der Waals surface area contributed by atoms with E-state index in [0.29, 0.717) is 12.1 Å². The smallest absolute Gasteiger partial charge is 0.149 e. The first kappa shape index (κ1) is 14.2. The van der Waals surface area contributed by atoms with E-state index in [1.807, 2.05) is 18.5 Å². The van der Waals surface area contributed by atoms with Crippen LogP contribution in [0, 0.1) is 11.3 Å². The molecular weight excluding hydrogens is 254 g/mol. The topological polar surface area (TPSA) is 86.8 Å². The van der Waals surface area contributed by atoms with Crippen LogP contribution < -0.4 is 5.32 Å². The molecule has 1 aromatic carbocycles. The zero-order valence-corrected chi connectivity index (χ0v) is 11.5. The maximum atomic E-state index is 10.1. The van der Waals surface area contributed by atoms with Crippen LogP contribution in [0.25, 0.3) is 0 Å². The van der Waals surface area contributed by atoms with Gasteiger partial charge in [-0.3, -0.25) is 0 Å².